The summed E-state index contributed by atoms with van der Waals surface area (Å²) in [6, 6.07) is 0. The van der Waals surface area contributed by atoms with Gasteiger partial charge in [-0.2, -0.15) is 123 Å². The van der Waals surface area contributed by atoms with E-state index in [1.54, 1.807) is 0 Å². The van der Waals surface area contributed by atoms with Crippen LogP contribution in [-0.2, 0) is 23.7 Å². The maximum absolute atomic E-state index is 16.0. The molecule has 0 aliphatic carbocycles. The third kappa shape index (κ3) is 8.07. The standard InChI is InChI=1S/C32H6F28I4N4/c33-21(34,25(41,42)29(49,50)51)9-5-1-2-6(65-5)10(22(35,36)26(43,44)30(52,53)54)18-15(63)16(64)20(68-18)12(24(39,40)28(47,48)32(58,59)60)8-4-3-7(66-8)11(19-14(62)13(61)17(9)67-19)23(37,38)27(45,46)31(55,56)57/h1-4,67-68H. The minimum atomic E-state index is -7.54. The molecule has 0 amide bonds. The zero-order valence-electron chi connectivity index (χ0n) is 30.3. The summed E-state index contributed by atoms with van der Waals surface area (Å²) < 4.78 is 405. The molecule has 0 aromatic carbocycles. The Hall–Kier alpha value is -2.44. The summed E-state index contributed by atoms with van der Waals surface area (Å²) in [6.45, 7) is 0. The lowest BCUT2D eigenvalue weighted by molar-refractivity contribution is -0.359. The molecule has 8 bridgehead atoms. The van der Waals surface area contributed by atoms with E-state index in [9.17, 15) is 87.8 Å². The number of nitrogens with one attached hydrogen (secondary N) is 2. The molecule has 0 saturated heterocycles. The van der Waals surface area contributed by atoms with E-state index in [0.29, 0.717) is 90.4 Å². The molecule has 0 unspecified atom stereocenters. The second kappa shape index (κ2) is 16.5. The zero-order chi connectivity index (χ0) is 52.9. The average molecular weight is 1490 g/mol. The fourth-order valence-electron chi connectivity index (χ4n) is 6.00. The largest absolute Gasteiger partial charge is 0.460 e. The van der Waals surface area contributed by atoms with Gasteiger partial charge in [0, 0.05) is 0 Å². The normalized spacial score (nSPS) is 15.5. The van der Waals surface area contributed by atoms with Crippen molar-refractivity contribution in [1.29, 1.82) is 0 Å². The van der Waals surface area contributed by atoms with Crippen LogP contribution in [0.4, 0.5) is 123 Å². The molecule has 3 aromatic rings. The van der Waals surface area contributed by atoms with Crippen molar-refractivity contribution >= 4 is 137 Å². The van der Waals surface area contributed by atoms with E-state index >= 15 is 35.1 Å². The lowest BCUT2D eigenvalue weighted by Gasteiger charge is -2.29. The monoisotopic (exact) mass is 1490 g/mol. The number of aromatic amines is 2. The first-order valence-corrected chi connectivity index (χ1v) is 20.6. The highest BCUT2D eigenvalue weighted by atomic mass is 127. The summed E-state index contributed by atoms with van der Waals surface area (Å²) in [4.78, 5) is 7.74. The number of alkyl halides is 28. The van der Waals surface area contributed by atoms with Crippen molar-refractivity contribution in [3.8, 4) is 0 Å². The Bertz CT molecular complexity index is 2440. The van der Waals surface area contributed by atoms with E-state index in [1.165, 1.54) is 0 Å². The average Bonchev–Trinajstić information content (AvgIpc) is 3.93. The van der Waals surface area contributed by atoms with Crippen molar-refractivity contribution in [2.24, 2.45) is 0 Å². The fraction of sp³-hybridized carbons (Fsp3) is 0.375. The number of fused-ring (bicyclic) bond motifs is 8. The first-order valence-electron chi connectivity index (χ1n) is 16.3. The van der Waals surface area contributed by atoms with Gasteiger partial charge in [-0.15, -0.1) is 0 Å². The van der Waals surface area contributed by atoms with Gasteiger partial charge in [0.1, 0.15) is 0 Å². The molecule has 68 heavy (non-hydrogen) atoms. The van der Waals surface area contributed by atoms with Crippen LogP contribution in [0.25, 0.3) is 46.4 Å². The zero-order valence-corrected chi connectivity index (χ0v) is 38.9. The number of H-pyrrole nitrogens is 2. The van der Waals surface area contributed by atoms with Crippen LogP contribution in [0.1, 0.15) is 45.0 Å². The van der Waals surface area contributed by atoms with Gasteiger partial charge in [-0.1, -0.05) is 0 Å². The molecule has 0 saturated carbocycles. The quantitative estimate of drug-likeness (QED) is 0.120. The Morgan fingerprint density at radius 1 is 0.279 bits per heavy atom. The Labute approximate surface area is 408 Å². The number of aromatic nitrogens is 4. The van der Waals surface area contributed by atoms with Gasteiger partial charge in [0.25, 0.3) is 0 Å². The second-order valence-electron chi connectivity index (χ2n) is 13.5. The van der Waals surface area contributed by atoms with E-state index in [0.717, 1.165) is 9.97 Å². The molecule has 0 atom stereocenters. The number of nitrogens with zero attached hydrogens (tertiary/aromatic N) is 2. The van der Waals surface area contributed by atoms with Crippen molar-refractivity contribution in [1.82, 2.24) is 19.9 Å². The van der Waals surface area contributed by atoms with Crippen LogP contribution < -0.4 is 0 Å². The Balaban J connectivity index is 2.36. The molecule has 2 aliphatic rings. The molecule has 0 spiro atoms. The second-order valence-corrected chi connectivity index (χ2v) is 17.8. The summed E-state index contributed by atoms with van der Waals surface area (Å²) in [6.07, 6.45) is -31.8. The van der Waals surface area contributed by atoms with Gasteiger partial charge in [0.2, 0.25) is 0 Å². The first kappa shape index (κ1) is 56.5. The highest BCUT2D eigenvalue weighted by molar-refractivity contribution is 14.1. The third-order valence-corrected chi connectivity index (χ3v) is 15.7. The van der Waals surface area contributed by atoms with Crippen molar-refractivity contribution in [3.63, 3.8) is 0 Å². The molecule has 2 N–H and O–H groups in total. The molecule has 0 radical (unpaired) electrons. The first-order chi connectivity index (χ1) is 30.0. The Morgan fingerprint density at radius 2 is 0.426 bits per heavy atom. The van der Waals surface area contributed by atoms with Gasteiger partial charge in [-0.3, -0.25) is 0 Å². The molecule has 0 fully saturated rings. The number of rotatable bonds is 8. The third-order valence-electron chi connectivity index (χ3n) is 9.33. The number of hydrogen-bond acceptors (Lipinski definition) is 2. The van der Waals surface area contributed by atoms with Crippen LogP contribution >= 0.6 is 90.4 Å². The van der Waals surface area contributed by atoms with Gasteiger partial charge in [0.05, 0.1) is 81.4 Å². The van der Waals surface area contributed by atoms with Crippen LogP contribution in [-0.4, -0.2) is 68.3 Å². The molecule has 2 aliphatic heterocycles. The van der Waals surface area contributed by atoms with Crippen LogP contribution in [0, 0.1) is 14.3 Å². The van der Waals surface area contributed by atoms with Crippen LogP contribution in [0.2, 0.25) is 0 Å². The lowest BCUT2D eigenvalue weighted by atomic mass is 9.99. The Morgan fingerprint density at radius 3 is 0.559 bits per heavy atom. The van der Waals surface area contributed by atoms with Crippen molar-refractivity contribution in [2.45, 2.75) is 72.1 Å². The van der Waals surface area contributed by atoms with Crippen LogP contribution in [0.5, 0.6) is 0 Å². The minimum Gasteiger partial charge on any atom is -0.353 e. The molecular formula is C32H6F28I4N4. The molecular weight excluding hydrogens is 1480 g/mol. The summed E-state index contributed by atoms with van der Waals surface area (Å²) >= 11 is 2.01. The molecule has 378 valence electrons. The highest BCUT2D eigenvalue weighted by Crippen LogP contribution is 2.60. The molecule has 5 heterocycles. The summed E-state index contributed by atoms with van der Waals surface area (Å²) in [5, 5.41) is 0. The maximum atomic E-state index is 16.0. The van der Waals surface area contributed by atoms with E-state index in [4.69, 9.17) is 0 Å². The van der Waals surface area contributed by atoms with Gasteiger partial charge in [-0.25, -0.2) is 9.97 Å². The fourth-order valence-corrected chi connectivity index (χ4v) is 8.70. The van der Waals surface area contributed by atoms with Crippen LogP contribution in [0.3, 0.4) is 0 Å². The van der Waals surface area contributed by atoms with Gasteiger partial charge in [0.15, 0.2) is 0 Å². The minimum absolute atomic E-state index is 0.465. The van der Waals surface area contributed by atoms with Gasteiger partial charge in [-0.05, 0) is 115 Å². The Kier molecular flexibility index (Phi) is 13.7. The summed E-state index contributed by atoms with van der Waals surface area (Å²) in [5.74, 6) is -58.5. The predicted octanol–water partition coefficient (Wildman–Crippen LogP) is 16.2. The molecule has 4 nitrogen and oxygen atoms in total. The highest BCUT2D eigenvalue weighted by Gasteiger charge is 2.78. The van der Waals surface area contributed by atoms with E-state index in [-0.39, 0.29) is 0 Å². The molecule has 3 aromatic heterocycles. The number of halogens is 32. The summed E-state index contributed by atoms with van der Waals surface area (Å²) in [5.41, 5.74) is -31.5. The van der Waals surface area contributed by atoms with Crippen LogP contribution in [0.15, 0.2) is 0 Å². The van der Waals surface area contributed by atoms with E-state index < -0.39 is 178 Å². The molecule has 5 rings (SSSR count). The van der Waals surface area contributed by atoms with Crippen molar-refractivity contribution in [3.05, 3.63) is 59.3 Å². The molecule has 36 heteroatoms. The van der Waals surface area contributed by atoms with Gasteiger partial charge < -0.3 is 9.97 Å². The predicted molar refractivity (Wildman–Crippen MR) is 209 cm³/mol. The smallest absolute Gasteiger partial charge is 0.353 e. The maximum Gasteiger partial charge on any atom is 0.460 e. The number of hydrogen-bond donors (Lipinski definition) is 2. The SMILES string of the molecule is FC(F)(F)C(F)(F)C(F)(F)c1c2nc(c(C(F)(F)C(F)(F)C(F)(F)F)c3[nH]c(c(I)c3I)c(C(F)(F)C(F)(F)C(F)(F)F)c3nc(c(C(F)(F)C(F)(F)C(F)(F)F)c4[nH]c1c(I)c4I)C=C3)C=C2. The van der Waals surface area contributed by atoms with E-state index in [2.05, 4.69) is 9.97 Å². The topological polar surface area (TPSA) is 57.4 Å². The van der Waals surface area contributed by atoms with E-state index in [1.807, 2.05) is 0 Å². The van der Waals surface area contributed by atoms with Crippen molar-refractivity contribution in [2.75, 3.05) is 0 Å². The summed E-state index contributed by atoms with van der Waals surface area (Å²) in [7, 11) is 0. The van der Waals surface area contributed by atoms with Crippen molar-refractivity contribution < 1.29 is 123 Å². The lowest BCUT2D eigenvalue weighted by Crippen LogP contribution is -2.50. The van der Waals surface area contributed by atoms with Gasteiger partial charge >= 0.3 is 72.1 Å².